The van der Waals surface area contributed by atoms with Crippen LogP contribution in [-0.4, -0.2) is 22.0 Å². The summed E-state index contributed by atoms with van der Waals surface area (Å²) < 4.78 is 4.83. The molecule has 0 fully saturated rings. The average Bonchev–Trinajstić information content (AvgIpc) is 2.25. The minimum Gasteiger partial charge on any atom is -0.439 e. The van der Waals surface area contributed by atoms with E-state index in [2.05, 4.69) is 0 Å². The normalized spacial score (nSPS) is 18.9. The Labute approximate surface area is 98.5 Å². The summed E-state index contributed by atoms with van der Waals surface area (Å²) in [5.41, 5.74) is 0.927. The fraction of sp³-hybridized carbons (Fsp3) is 0.154. The minimum absolute atomic E-state index is 0.134. The molecule has 0 bridgehead atoms. The molecule has 0 amide bonds. The Morgan fingerprint density at radius 2 is 1.88 bits per heavy atom. The molecule has 2 rings (SSSR count). The molecule has 2 N–H and O–H groups in total. The van der Waals surface area contributed by atoms with Gasteiger partial charge in [0.15, 0.2) is 5.78 Å². The first-order valence-electron chi connectivity index (χ1n) is 5.17. The van der Waals surface area contributed by atoms with Crippen LogP contribution < -0.4 is 0 Å². The van der Waals surface area contributed by atoms with E-state index in [0.717, 1.165) is 5.56 Å². The molecule has 0 aromatic heterocycles. The van der Waals surface area contributed by atoms with Crippen molar-refractivity contribution in [1.29, 1.82) is 0 Å². The number of rotatable bonds is 2. The number of ketones is 1. The van der Waals surface area contributed by atoms with Gasteiger partial charge in [0.05, 0.1) is 0 Å². The molecular formula is C13H12O4. The van der Waals surface area contributed by atoms with Crippen LogP contribution in [0.3, 0.4) is 0 Å². The van der Waals surface area contributed by atoms with E-state index in [1.54, 1.807) is 6.08 Å². The Morgan fingerprint density at radius 3 is 2.53 bits per heavy atom. The van der Waals surface area contributed by atoms with Gasteiger partial charge in [-0.1, -0.05) is 36.4 Å². The van der Waals surface area contributed by atoms with Crippen molar-refractivity contribution in [3.63, 3.8) is 0 Å². The third-order valence-electron chi connectivity index (χ3n) is 2.23. The van der Waals surface area contributed by atoms with Gasteiger partial charge in [-0.3, -0.25) is 4.79 Å². The Morgan fingerprint density at radius 1 is 1.18 bits per heavy atom. The summed E-state index contributed by atoms with van der Waals surface area (Å²) in [6, 6.07) is 9.41. The van der Waals surface area contributed by atoms with Crippen LogP contribution in [0.15, 0.2) is 48.2 Å². The van der Waals surface area contributed by atoms with Crippen molar-refractivity contribution in [2.75, 3.05) is 0 Å². The number of benzene rings is 1. The lowest BCUT2D eigenvalue weighted by Gasteiger charge is -2.25. The second kappa shape index (κ2) is 4.53. The highest BCUT2D eigenvalue weighted by atomic mass is 16.8. The maximum Gasteiger partial charge on any atom is 0.329 e. The molecule has 0 radical (unpaired) electrons. The molecule has 88 valence electrons. The van der Waals surface area contributed by atoms with Crippen LogP contribution in [-0.2, 0) is 9.53 Å². The molecule has 0 aliphatic carbocycles. The summed E-state index contributed by atoms with van der Waals surface area (Å²) >= 11 is 0. The van der Waals surface area contributed by atoms with Crippen molar-refractivity contribution < 1.29 is 19.7 Å². The molecule has 1 aliphatic rings. The first kappa shape index (κ1) is 11.6. The van der Waals surface area contributed by atoms with Crippen LogP contribution in [0.5, 0.6) is 0 Å². The molecule has 0 unspecified atom stereocenters. The molecule has 0 saturated carbocycles. The highest BCUT2D eigenvalue weighted by Gasteiger charge is 2.33. The number of hydrogen-bond donors (Lipinski definition) is 2. The van der Waals surface area contributed by atoms with Crippen molar-refractivity contribution in [3.05, 3.63) is 53.8 Å². The van der Waals surface area contributed by atoms with Gasteiger partial charge in [-0.25, -0.2) is 0 Å². The van der Waals surface area contributed by atoms with E-state index in [9.17, 15) is 15.0 Å². The SMILES string of the molecule is O=C1C=C(/C=C/c2ccccc2)OC(O)(O)C1. The van der Waals surface area contributed by atoms with Crippen LogP contribution in [0.2, 0.25) is 0 Å². The predicted octanol–water partition coefficient (Wildman–Crippen LogP) is 1.21. The largest absolute Gasteiger partial charge is 0.439 e. The summed E-state index contributed by atoms with van der Waals surface area (Å²) in [6.45, 7) is 0. The average molecular weight is 232 g/mol. The van der Waals surface area contributed by atoms with Crippen LogP contribution in [0.25, 0.3) is 6.08 Å². The molecule has 0 atom stereocenters. The maximum absolute atomic E-state index is 11.2. The van der Waals surface area contributed by atoms with E-state index >= 15 is 0 Å². The summed E-state index contributed by atoms with van der Waals surface area (Å²) in [5, 5.41) is 18.5. The Balaban J connectivity index is 2.14. The van der Waals surface area contributed by atoms with Crippen molar-refractivity contribution in [2.24, 2.45) is 0 Å². The maximum atomic E-state index is 11.2. The second-order valence-corrected chi connectivity index (χ2v) is 3.78. The standard InChI is InChI=1S/C13H12O4/c14-11-8-12(17-13(15,16)9-11)7-6-10-4-2-1-3-5-10/h1-8,15-16H,9H2/b7-6+. The molecular weight excluding hydrogens is 220 g/mol. The van der Waals surface area contributed by atoms with Gasteiger partial charge in [0.25, 0.3) is 0 Å². The predicted molar refractivity (Wildman–Crippen MR) is 61.4 cm³/mol. The zero-order chi connectivity index (χ0) is 12.3. The molecule has 4 nitrogen and oxygen atoms in total. The lowest BCUT2D eigenvalue weighted by atomic mass is 10.1. The van der Waals surface area contributed by atoms with Crippen LogP contribution >= 0.6 is 0 Å². The van der Waals surface area contributed by atoms with Crippen molar-refractivity contribution in [2.45, 2.75) is 12.4 Å². The Hall–Kier alpha value is -1.91. The summed E-state index contributed by atoms with van der Waals surface area (Å²) in [5.74, 6) is -2.65. The van der Waals surface area contributed by atoms with E-state index in [1.165, 1.54) is 12.2 Å². The number of aliphatic hydroxyl groups is 2. The van der Waals surface area contributed by atoms with Gasteiger partial charge >= 0.3 is 5.97 Å². The van der Waals surface area contributed by atoms with E-state index in [0.29, 0.717) is 0 Å². The minimum atomic E-state index is -2.40. The number of carbonyl (C=O) groups excluding carboxylic acids is 1. The Bertz CT molecular complexity index is 471. The third kappa shape index (κ3) is 3.27. The fourth-order valence-corrected chi connectivity index (χ4v) is 1.52. The van der Waals surface area contributed by atoms with Gasteiger partial charge in [-0.2, -0.15) is 0 Å². The zero-order valence-corrected chi connectivity index (χ0v) is 9.04. The third-order valence-corrected chi connectivity index (χ3v) is 2.23. The summed E-state index contributed by atoms with van der Waals surface area (Å²) in [7, 11) is 0. The van der Waals surface area contributed by atoms with Gasteiger partial charge in [-0.05, 0) is 11.6 Å². The van der Waals surface area contributed by atoms with Crippen molar-refractivity contribution in [3.8, 4) is 0 Å². The molecule has 0 saturated heterocycles. The fourth-order valence-electron chi connectivity index (χ4n) is 1.52. The summed E-state index contributed by atoms with van der Waals surface area (Å²) in [4.78, 5) is 11.2. The quantitative estimate of drug-likeness (QED) is 0.752. The first-order valence-corrected chi connectivity index (χ1v) is 5.17. The Kier molecular flexibility index (Phi) is 3.08. The molecule has 1 aromatic carbocycles. The van der Waals surface area contributed by atoms with E-state index < -0.39 is 12.4 Å². The number of hydrogen-bond acceptors (Lipinski definition) is 4. The second-order valence-electron chi connectivity index (χ2n) is 3.78. The van der Waals surface area contributed by atoms with Crippen LogP contribution in [0.4, 0.5) is 0 Å². The van der Waals surface area contributed by atoms with E-state index in [-0.39, 0.29) is 11.5 Å². The van der Waals surface area contributed by atoms with Gasteiger partial charge < -0.3 is 14.9 Å². The lowest BCUT2D eigenvalue weighted by molar-refractivity contribution is -0.318. The lowest BCUT2D eigenvalue weighted by Crippen LogP contribution is -2.36. The topological polar surface area (TPSA) is 66.8 Å². The molecule has 0 spiro atoms. The smallest absolute Gasteiger partial charge is 0.329 e. The van der Waals surface area contributed by atoms with E-state index in [4.69, 9.17) is 4.74 Å². The molecule has 1 aromatic rings. The first-order chi connectivity index (χ1) is 8.05. The van der Waals surface area contributed by atoms with Gasteiger partial charge in [0, 0.05) is 6.08 Å². The highest BCUT2D eigenvalue weighted by molar-refractivity contribution is 5.91. The van der Waals surface area contributed by atoms with Crippen molar-refractivity contribution in [1.82, 2.24) is 0 Å². The molecule has 1 aliphatic heterocycles. The van der Waals surface area contributed by atoms with Gasteiger partial charge in [-0.15, -0.1) is 0 Å². The monoisotopic (exact) mass is 232 g/mol. The van der Waals surface area contributed by atoms with Crippen LogP contribution in [0, 0.1) is 0 Å². The molecule has 4 heteroatoms. The zero-order valence-electron chi connectivity index (χ0n) is 9.04. The van der Waals surface area contributed by atoms with Crippen molar-refractivity contribution >= 4 is 11.9 Å². The number of ether oxygens (including phenoxy) is 1. The number of carbonyl (C=O) groups is 1. The van der Waals surface area contributed by atoms with Gasteiger partial charge in [0.1, 0.15) is 12.2 Å². The van der Waals surface area contributed by atoms with Crippen LogP contribution in [0.1, 0.15) is 12.0 Å². The van der Waals surface area contributed by atoms with E-state index in [1.807, 2.05) is 30.3 Å². The molecule has 17 heavy (non-hydrogen) atoms. The van der Waals surface area contributed by atoms with Gasteiger partial charge in [0.2, 0.25) is 0 Å². The molecule has 1 heterocycles. The summed E-state index contributed by atoms with van der Waals surface area (Å²) in [6.07, 6.45) is 4.04. The number of allylic oxidation sites excluding steroid dienone is 2. The highest BCUT2D eigenvalue weighted by Crippen LogP contribution is 2.21.